The van der Waals surface area contributed by atoms with Crippen LogP contribution in [0.25, 0.3) is 0 Å². The minimum atomic E-state index is 0. The SMILES string of the molecule is CCNC(=NCC(C)(C)c1cccs1)NC1CC=CC1.I. The van der Waals surface area contributed by atoms with Crippen LogP contribution in [-0.2, 0) is 5.41 Å². The summed E-state index contributed by atoms with van der Waals surface area (Å²) in [6.45, 7) is 8.30. The van der Waals surface area contributed by atoms with E-state index in [1.807, 2.05) is 11.3 Å². The molecule has 1 aliphatic carbocycles. The lowest BCUT2D eigenvalue weighted by Gasteiger charge is -2.23. The summed E-state index contributed by atoms with van der Waals surface area (Å²) in [5.41, 5.74) is 0.0877. The van der Waals surface area contributed by atoms with Crippen molar-refractivity contribution in [2.75, 3.05) is 13.1 Å². The van der Waals surface area contributed by atoms with Crippen molar-refractivity contribution < 1.29 is 0 Å². The quantitative estimate of drug-likeness (QED) is 0.329. The van der Waals surface area contributed by atoms with E-state index >= 15 is 0 Å². The third-order valence-corrected chi connectivity index (χ3v) is 4.75. The van der Waals surface area contributed by atoms with Gasteiger partial charge in [-0.25, -0.2) is 0 Å². The Bertz CT molecular complexity index is 458. The van der Waals surface area contributed by atoms with Gasteiger partial charge in [0.25, 0.3) is 0 Å². The maximum atomic E-state index is 4.78. The Morgan fingerprint density at radius 1 is 1.38 bits per heavy atom. The molecular formula is C16H26IN3S. The zero-order valence-electron chi connectivity index (χ0n) is 13.1. The Morgan fingerprint density at radius 2 is 2.10 bits per heavy atom. The molecule has 21 heavy (non-hydrogen) atoms. The molecule has 0 unspecified atom stereocenters. The number of hydrogen-bond acceptors (Lipinski definition) is 2. The molecule has 0 amide bonds. The van der Waals surface area contributed by atoms with Crippen LogP contribution in [0.5, 0.6) is 0 Å². The predicted octanol–water partition coefficient (Wildman–Crippen LogP) is 3.92. The van der Waals surface area contributed by atoms with Crippen molar-refractivity contribution in [3.63, 3.8) is 0 Å². The molecule has 5 heteroatoms. The van der Waals surface area contributed by atoms with Gasteiger partial charge in [0.05, 0.1) is 6.54 Å². The Kier molecular flexibility index (Phi) is 7.73. The lowest BCUT2D eigenvalue weighted by Crippen LogP contribution is -2.43. The first-order chi connectivity index (χ1) is 9.62. The van der Waals surface area contributed by atoms with Crippen LogP contribution in [0, 0.1) is 0 Å². The summed E-state index contributed by atoms with van der Waals surface area (Å²) in [5, 5.41) is 8.99. The maximum Gasteiger partial charge on any atom is 0.191 e. The molecule has 3 nitrogen and oxygen atoms in total. The normalized spacial score (nSPS) is 15.9. The summed E-state index contributed by atoms with van der Waals surface area (Å²) in [6, 6.07) is 4.80. The van der Waals surface area contributed by atoms with Gasteiger partial charge in [0, 0.05) is 22.9 Å². The van der Waals surface area contributed by atoms with Gasteiger partial charge in [0.1, 0.15) is 0 Å². The fourth-order valence-corrected chi connectivity index (χ4v) is 3.11. The smallest absolute Gasteiger partial charge is 0.191 e. The first kappa shape index (κ1) is 18.5. The third-order valence-electron chi connectivity index (χ3n) is 3.51. The topological polar surface area (TPSA) is 36.4 Å². The molecule has 118 valence electrons. The second-order valence-electron chi connectivity index (χ2n) is 5.84. The first-order valence-electron chi connectivity index (χ1n) is 7.35. The van der Waals surface area contributed by atoms with E-state index in [9.17, 15) is 0 Å². The number of aliphatic imine (C=N–C) groups is 1. The van der Waals surface area contributed by atoms with Crippen molar-refractivity contribution in [1.29, 1.82) is 0 Å². The molecule has 2 rings (SSSR count). The summed E-state index contributed by atoms with van der Waals surface area (Å²) in [7, 11) is 0. The van der Waals surface area contributed by atoms with E-state index in [0.717, 1.165) is 31.9 Å². The van der Waals surface area contributed by atoms with Gasteiger partial charge < -0.3 is 10.6 Å². The highest BCUT2D eigenvalue weighted by atomic mass is 127. The van der Waals surface area contributed by atoms with Crippen LogP contribution in [0.2, 0.25) is 0 Å². The number of nitrogens with zero attached hydrogens (tertiary/aromatic N) is 1. The molecule has 1 aliphatic rings. The lowest BCUT2D eigenvalue weighted by molar-refractivity contribution is 0.544. The molecule has 0 aliphatic heterocycles. The highest BCUT2D eigenvalue weighted by molar-refractivity contribution is 14.0. The van der Waals surface area contributed by atoms with Crippen molar-refractivity contribution in [3.05, 3.63) is 34.5 Å². The molecule has 1 heterocycles. The summed E-state index contributed by atoms with van der Waals surface area (Å²) in [5.74, 6) is 0.936. The summed E-state index contributed by atoms with van der Waals surface area (Å²) in [4.78, 5) is 6.17. The van der Waals surface area contributed by atoms with Crippen LogP contribution in [0.3, 0.4) is 0 Å². The number of guanidine groups is 1. The first-order valence-corrected chi connectivity index (χ1v) is 8.23. The van der Waals surface area contributed by atoms with Crippen LogP contribution >= 0.6 is 35.3 Å². The highest BCUT2D eigenvalue weighted by Crippen LogP contribution is 2.27. The van der Waals surface area contributed by atoms with Crippen molar-refractivity contribution in [2.45, 2.75) is 45.1 Å². The zero-order chi connectivity index (χ0) is 14.4. The molecule has 1 aromatic heterocycles. The summed E-state index contributed by atoms with van der Waals surface area (Å²) in [6.07, 6.45) is 6.66. The van der Waals surface area contributed by atoms with Crippen molar-refractivity contribution in [3.8, 4) is 0 Å². The van der Waals surface area contributed by atoms with E-state index in [0.29, 0.717) is 6.04 Å². The van der Waals surface area contributed by atoms with Crippen molar-refractivity contribution in [2.24, 2.45) is 4.99 Å². The third kappa shape index (κ3) is 5.62. The fourth-order valence-electron chi connectivity index (χ4n) is 2.27. The Morgan fingerprint density at radius 3 is 2.67 bits per heavy atom. The molecule has 0 saturated heterocycles. The van der Waals surface area contributed by atoms with Gasteiger partial charge in [-0.15, -0.1) is 35.3 Å². The molecule has 0 aromatic carbocycles. The standard InChI is InChI=1S/C16H25N3S.HI/c1-4-17-15(19-13-8-5-6-9-13)18-12-16(2,3)14-10-7-11-20-14;/h5-7,10-11,13H,4,8-9,12H2,1-3H3,(H2,17,18,19);1H. The number of thiophene rings is 1. The van der Waals surface area contributed by atoms with Gasteiger partial charge in [-0.05, 0) is 31.2 Å². The van der Waals surface area contributed by atoms with Gasteiger partial charge in [-0.3, -0.25) is 4.99 Å². The summed E-state index contributed by atoms with van der Waals surface area (Å²) >= 11 is 1.81. The minimum absolute atomic E-state index is 0. The number of halogens is 1. The average Bonchev–Trinajstić information content (AvgIpc) is 3.09. The van der Waals surface area contributed by atoms with Gasteiger partial charge in [0.15, 0.2) is 5.96 Å². The lowest BCUT2D eigenvalue weighted by atomic mass is 9.92. The number of hydrogen-bond donors (Lipinski definition) is 2. The predicted molar refractivity (Wildman–Crippen MR) is 104 cm³/mol. The molecule has 0 atom stereocenters. The van der Waals surface area contributed by atoms with E-state index in [1.165, 1.54) is 4.88 Å². The van der Waals surface area contributed by atoms with E-state index in [2.05, 4.69) is 61.1 Å². The number of rotatable bonds is 5. The van der Waals surface area contributed by atoms with E-state index in [4.69, 9.17) is 4.99 Å². The summed E-state index contributed by atoms with van der Waals surface area (Å²) < 4.78 is 0. The second kappa shape index (κ2) is 8.78. The van der Waals surface area contributed by atoms with Gasteiger partial charge in [0.2, 0.25) is 0 Å². The Balaban J connectivity index is 0.00000220. The molecular weight excluding hydrogens is 393 g/mol. The highest BCUT2D eigenvalue weighted by Gasteiger charge is 2.21. The zero-order valence-corrected chi connectivity index (χ0v) is 16.2. The molecule has 0 radical (unpaired) electrons. The molecule has 0 spiro atoms. The Hall–Kier alpha value is -0.560. The molecule has 0 saturated carbocycles. The largest absolute Gasteiger partial charge is 0.357 e. The molecule has 1 aromatic rings. The van der Waals surface area contributed by atoms with E-state index in [1.54, 1.807) is 0 Å². The van der Waals surface area contributed by atoms with Crippen LogP contribution in [0.4, 0.5) is 0 Å². The van der Waals surface area contributed by atoms with Crippen LogP contribution < -0.4 is 10.6 Å². The van der Waals surface area contributed by atoms with Crippen LogP contribution in [-0.4, -0.2) is 25.1 Å². The minimum Gasteiger partial charge on any atom is -0.357 e. The number of nitrogens with one attached hydrogen (secondary N) is 2. The van der Waals surface area contributed by atoms with Gasteiger partial charge in [-0.2, -0.15) is 0 Å². The average molecular weight is 419 g/mol. The molecule has 2 N–H and O–H groups in total. The Labute approximate surface area is 149 Å². The van der Waals surface area contributed by atoms with Crippen molar-refractivity contribution >= 4 is 41.3 Å². The second-order valence-corrected chi connectivity index (χ2v) is 6.79. The van der Waals surface area contributed by atoms with E-state index < -0.39 is 0 Å². The van der Waals surface area contributed by atoms with Gasteiger partial charge >= 0.3 is 0 Å². The maximum absolute atomic E-state index is 4.78. The monoisotopic (exact) mass is 419 g/mol. The fraction of sp³-hybridized carbons (Fsp3) is 0.562. The van der Waals surface area contributed by atoms with Crippen molar-refractivity contribution in [1.82, 2.24) is 10.6 Å². The van der Waals surface area contributed by atoms with E-state index in [-0.39, 0.29) is 29.4 Å². The van der Waals surface area contributed by atoms with Gasteiger partial charge in [-0.1, -0.05) is 32.1 Å². The van der Waals surface area contributed by atoms with Crippen LogP contribution in [0.1, 0.15) is 38.5 Å². The van der Waals surface area contributed by atoms with Crippen LogP contribution in [0.15, 0.2) is 34.7 Å². The molecule has 0 fully saturated rings. The molecule has 0 bridgehead atoms.